The number of aliphatic carboxylic acids is 1. The van der Waals surface area contributed by atoms with Gasteiger partial charge >= 0.3 is 5.97 Å². The molecule has 5 nitrogen and oxygen atoms in total. The third kappa shape index (κ3) is 4.98. The summed E-state index contributed by atoms with van der Waals surface area (Å²) in [4.78, 5) is 21.6. The molecule has 0 saturated heterocycles. The number of carbonyl (C=O) groups is 2. The van der Waals surface area contributed by atoms with Gasteiger partial charge in [-0.3, -0.25) is 4.79 Å². The SMILES string of the molecule is C=CCOc1cccc(NC(=O)C=CC(=O)O)c1. The largest absolute Gasteiger partial charge is 0.489 e. The molecule has 94 valence electrons. The van der Waals surface area contributed by atoms with E-state index < -0.39 is 11.9 Å². The highest BCUT2D eigenvalue weighted by molar-refractivity contribution is 6.02. The Morgan fingerprint density at radius 2 is 2.17 bits per heavy atom. The van der Waals surface area contributed by atoms with Crippen LogP contribution < -0.4 is 10.1 Å². The minimum absolute atomic E-state index is 0.371. The molecule has 0 saturated carbocycles. The molecule has 0 aliphatic heterocycles. The normalized spacial score (nSPS) is 10.0. The van der Waals surface area contributed by atoms with Gasteiger partial charge in [-0.05, 0) is 12.1 Å². The van der Waals surface area contributed by atoms with Gasteiger partial charge in [0.05, 0.1) is 0 Å². The summed E-state index contributed by atoms with van der Waals surface area (Å²) in [5, 5.41) is 10.9. The van der Waals surface area contributed by atoms with Crippen molar-refractivity contribution in [3.8, 4) is 5.75 Å². The fourth-order valence-corrected chi connectivity index (χ4v) is 1.15. The van der Waals surface area contributed by atoms with Crippen molar-refractivity contribution in [2.45, 2.75) is 0 Å². The number of carbonyl (C=O) groups excluding carboxylic acids is 1. The summed E-state index contributed by atoms with van der Waals surface area (Å²) < 4.78 is 5.29. The van der Waals surface area contributed by atoms with Crippen molar-refractivity contribution in [3.63, 3.8) is 0 Å². The second-order valence-electron chi connectivity index (χ2n) is 3.29. The van der Waals surface area contributed by atoms with Crippen LogP contribution in [-0.4, -0.2) is 23.6 Å². The molecule has 0 heterocycles. The molecule has 1 aromatic carbocycles. The summed E-state index contributed by atoms with van der Waals surface area (Å²) in [6, 6.07) is 6.77. The molecule has 0 unspecified atom stereocenters. The smallest absolute Gasteiger partial charge is 0.328 e. The lowest BCUT2D eigenvalue weighted by molar-refractivity contribution is -0.131. The van der Waals surface area contributed by atoms with Gasteiger partial charge in [0.25, 0.3) is 0 Å². The minimum atomic E-state index is -1.17. The summed E-state index contributed by atoms with van der Waals surface area (Å²) in [7, 11) is 0. The molecular weight excluding hydrogens is 234 g/mol. The zero-order valence-electron chi connectivity index (χ0n) is 9.63. The molecule has 0 fully saturated rings. The van der Waals surface area contributed by atoms with Gasteiger partial charge in [-0.1, -0.05) is 18.7 Å². The van der Waals surface area contributed by atoms with Crippen molar-refractivity contribution in [1.82, 2.24) is 0 Å². The lowest BCUT2D eigenvalue weighted by atomic mass is 10.3. The molecule has 0 radical (unpaired) electrons. The van der Waals surface area contributed by atoms with Crippen LogP contribution in [0, 0.1) is 0 Å². The van der Waals surface area contributed by atoms with Crippen LogP contribution in [0.5, 0.6) is 5.75 Å². The second-order valence-corrected chi connectivity index (χ2v) is 3.29. The Morgan fingerprint density at radius 1 is 1.39 bits per heavy atom. The Hall–Kier alpha value is -2.56. The number of benzene rings is 1. The van der Waals surface area contributed by atoms with E-state index in [1.54, 1.807) is 30.3 Å². The zero-order valence-corrected chi connectivity index (χ0v) is 9.63. The summed E-state index contributed by atoms with van der Waals surface area (Å²) in [5.74, 6) is -1.10. The van der Waals surface area contributed by atoms with Gasteiger partial charge in [-0.2, -0.15) is 0 Å². The van der Waals surface area contributed by atoms with E-state index in [-0.39, 0.29) is 0 Å². The van der Waals surface area contributed by atoms with E-state index in [4.69, 9.17) is 9.84 Å². The van der Waals surface area contributed by atoms with E-state index >= 15 is 0 Å². The Kier molecular flexibility index (Phi) is 5.18. The lowest BCUT2D eigenvalue weighted by Gasteiger charge is -2.06. The van der Waals surface area contributed by atoms with Crippen molar-refractivity contribution < 1.29 is 19.4 Å². The fraction of sp³-hybridized carbons (Fsp3) is 0.0769. The van der Waals surface area contributed by atoms with Crippen LogP contribution in [0.2, 0.25) is 0 Å². The van der Waals surface area contributed by atoms with Crippen LogP contribution in [0.3, 0.4) is 0 Å². The minimum Gasteiger partial charge on any atom is -0.489 e. The number of hydrogen-bond acceptors (Lipinski definition) is 3. The van der Waals surface area contributed by atoms with Gasteiger partial charge < -0.3 is 15.2 Å². The van der Waals surface area contributed by atoms with Gasteiger partial charge in [0, 0.05) is 23.9 Å². The number of carboxylic acid groups (broad SMARTS) is 1. The maximum Gasteiger partial charge on any atom is 0.328 e. The molecule has 18 heavy (non-hydrogen) atoms. The lowest BCUT2D eigenvalue weighted by Crippen LogP contribution is -2.08. The number of ether oxygens (including phenoxy) is 1. The standard InChI is InChI=1S/C13H13NO4/c1-2-8-18-11-5-3-4-10(9-11)14-12(15)6-7-13(16)17/h2-7,9H,1,8H2,(H,14,15)(H,16,17). The highest BCUT2D eigenvalue weighted by Gasteiger charge is 2.00. The van der Waals surface area contributed by atoms with Crippen LogP contribution in [0.4, 0.5) is 5.69 Å². The molecule has 0 aliphatic carbocycles. The van der Waals surface area contributed by atoms with Gasteiger partial charge in [0.1, 0.15) is 12.4 Å². The Morgan fingerprint density at radius 3 is 2.83 bits per heavy atom. The molecule has 0 aliphatic rings. The summed E-state index contributed by atoms with van der Waals surface area (Å²) in [5.41, 5.74) is 0.525. The summed E-state index contributed by atoms with van der Waals surface area (Å²) >= 11 is 0. The molecule has 0 aromatic heterocycles. The number of hydrogen-bond donors (Lipinski definition) is 2. The third-order valence-electron chi connectivity index (χ3n) is 1.85. The molecule has 0 spiro atoms. The average Bonchev–Trinajstić information content (AvgIpc) is 2.34. The molecule has 0 atom stereocenters. The highest BCUT2D eigenvalue weighted by Crippen LogP contribution is 2.17. The molecule has 5 heteroatoms. The first-order chi connectivity index (χ1) is 8.61. The van der Waals surface area contributed by atoms with Crippen molar-refractivity contribution >= 4 is 17.6 Å². The summed E-state index contributed by atoms with van der Waals surface area (Å²) in [6.07, 6.45) is 3.33. The van der Waals surface area contributed by atoms with E-state index in [1.165, 1.54) is 0 Å². The van der Waals surface area contributed by atoms with E-state index in [0.29, 0.717) is 18.0 Å². The van der Waals surface area contributed by atoms with E-state index in [9.17, 15) is 9.59 Å². The Bertz CT molecular complexity index is 480. The molecule has 1 amide bonds. The number of anilines is 1. The number of amides is 1. The van der Waals surface area contributed by atoms with Gasteiger partial charge in [-0.25, -0.2) is 4.79 Å². The van der Waals surface area contributed by atoms with Gasteiger partial charge in [0.2, 0.25) is 5.91 Å². The monoisotopic (exact) mass is 247 g/mol. The predicted molar refractivity (Wildman–Crippen MR) is 67.5 cm³/mol. The van der Waals surface area contributed by atoms with Crippen LogP contribution in [-0.2, 0) is 9.59 Å². The molecule has 1 aromatic rings. The Balaban J connectivity index is 2.64. The van der Waals surface area contributed by atoms with Gasteiger partial charge in [0.15, 0.2) is 0 Å². The number of nitrogens with one attached hydrogen (secondary N) is 1. The molecule has 0 bridgehead atoms. The van der Waals surface area contributed by atoms with Crippen molar-refractivity contribution in [1.29, 1.82) is 0 Å². The third-order valence-corrected chi connectivity index (χ3v) is 1.85. The number of carboxylic acids is 1. The first-order valence-electron chi connectivity index (χ1n) is 5.17. The van der Waals surface area contributed by atoms with Gasteiger partial charge in [-0.15, -0.1) is 0 Å². The second kappa shape index (κ2) is 6.90. The van der Waals surface area contributed by atoms with Crippen LogP contribution in [0.1, 0.15) is 0 Å². The fourth-order valence-electron chi connectivity index (χ4n) is 1.15. The molecule has 1 rings (SSSR count). The quantitative estimate of drug-likeness (QED) is 0.594. The number of rotatable bonds is 6. The van der Waals surface area contributed by atoms with E-state index in [0.717, 1.165) is 12.2 Å². The topological polar surface area (TPSA) is 75.6 Å². The van der Waals surface area contributed by atoms with Crippen molar-refractivity contribution in [2.24, 2.45) is 0 Å². The van der Waals surface area contributed by atoms with E-state index in [1.807, 2.05) is 0 Å². The van der Waals surface area contributed by atoms with Crippen molar-refractivity contribution in [3.05, 3.63) is 49.1 Å². The maximum atomic E-state index is 11.3. The maximum absolute atomic E-state index is 11.3. The summed E-state index contributed by atoms with van der Waals surface area (Å²) in [6.45, 7) is 3.90. The Labute approximate surface area is 104 Å². The first kappa shape index (κ1) is 13.5. The first-order valence-corrected chi connectivity index (χ1v) is 5.17. The van der Waals surface area contributed by atoms with Crippen LogP contribution >= 0.6 is 0 Å². The van der Waals surface area contributed by atoms with Crippen LogP contribution in [0.25, 0.3) is 0 Å². The zero-order chi connectivity index (χ0) is 13.4. The molecular formula is C13H13NO4. The van der Waals surface area contributed by atoms with E-state index in [2.05, 4.69) is 11.9 Å². The predicted octanol–water partition coefficient (Wildman–Crippen LogP) is 1.83. The average molecular weight is 247 g/mol. The van der Waals surface area contributed by atoms with Crippen molar-refractivity contribution in [2.75, 3.05) is 11.9 Å². The van der Waals surface area contributed by atoms with Crippen LogP contribution in [0.15, 0.2) is 49.1 Å². The highest BCUT2D eigenvalue weighted by atomic mass is 16.5. The molecule has 2 N–H and O–H groups in total.